The highest BCUT2D eigenvalue weighted by Gasteiger charge is 2.21. The van der Waals surface area contributed by atoms with Crippen LogP contribution in [0.1, 0.15) is 49.9 Å². The lowest BCUT2D eigenvalue weighted by Gasteiger charge is -2.30. The maximum absolute atomic E-state index is 12.8. The van der Waals surface area contributed by atoms with Crippen molar-refractivity contribution in [2.45, 2.75) is 39.5 Å². The van der Waals surface area contributed by atoms with Crippen LogP contribution in [0.3, 0.4) is 0 Å². The molecule has 0 saturated carbocycles. The van der Waals surface area contributed by atoms with Crippen LogP contribution in [0, 0.1) is 5.92 Å². The van der Waals surface area contributed by atoms with E-state index in [2.05, 4.69) is 22.9 Å². The predicted octanol–water partition coefficient (Wildman–Crippen LogP) is 4.35. The fourth-order valence-electron chi connectivity index (χ4n) is 3.63. The number of likely N-dealkylation sites (tertiary alicyclic amines) is 1. The van der Waals surface area contributed by atoms with Crippen LogP contribution in [0.4, 0.5) is 17.1 Å². The van der Waals surface area contributed by atoms with Gasteiger partial charge in [-0.05, 0) is 67.6 Å². The van der Waals surface area contributed by atoms with E-state index < -0.39 is 0 Å². The van der Waals surface area contributed by atoms with Gasteiger partial charge in [0, 0.05) is 42.1 Å². The van der Waals surface area contributed by atoms with Gasteiger partial charge in [-0.3, -0.25) is 14.4 Å². The maximum atomic E-state index is 12.8. The number of rotatable bonds is 8. The van der Waals surface area contributed by atoms with Crippen LogP contribution in [-0.4, -0.2) is 42.3 Å². The summed E-state index contributed by atoms with van der Waals surface area (Å²) in [5, 5.41) is 8.72. The molecule has 1 aliphatic rings. The first-order valence-corrected chi connectivity index (χ1v) is 11.3. The van der Waals surface area contributed by atoms with E-state index in [0.29, 0.717) is 29.3 Å². The Morgan fingerprint density at radius 3 is 2.16 bits per heavy atom. The molecule has 3 N–H and O–H groups in total. The Hall–Kier alpha value is -3.35. The van der Waals surface area contributed by atoms with Crippen molar-refractivity contribution in [1.29, 1.82) is 0 Å². The van der Waals surface area contributed by atoms with Crippen molar-refractivity contribution in [3.8, 4) is 0 Å². The molecule has 0 atom stereocenters. The molecule has 7 heteroatoms. The van der Waals surface area contributed by atoms with Gasteiger partial charge >= 0.3 is 0 Å². The molecule has 32 heavy (non-hydrogen) atoms. The second-order valence-electron chi connectivity index (χ2n) is 8.33. The third kappa shape index (κ3) is 6.83. The van der Waals surface area contributed by atoms with Gasteiger partial charge in [-0.2, -0.15) is 0 Å². The zero-order chi connectivity index (χ0) is 22.9. The van der Waals surface area contributed by atoms with Gasteiger partial charge in [-0.1, -0.05) is 19.9 Å². The Morgan fingerprint density at radius 2 is 1.53 bits per heavy atom. The summed E-state index contributed by atoms with van der Waals surface area (Å²) in [4.78, 5) is 38.6. The zero-order valence-electron chi connectivity index (χ0n) is 18.8. The average molecular weight is 437 g/mol. The lowest BCUT2D eigenvalue weighted by atomic mass is 9.98. The standard InChI is InChI=1S/C25H32N4O3/c1-3-5-23(30)27-20-8-10-21(11-9-20)28-24(31)17-26-22-7-4-6-19(16-22)25(32)29-14-12-18(2)13-15-29/h4,6-11,16,18,26H,3,5,12-15,17H2,1-2H3,(H,27,30)(H,28,31). The summed E-state index contributed by atoms with van der Waals surface area (Å²) in [5.41, 5.74) is 2.70. The summed E-state index contributed by atoms with van der Waals surface area (Å²) in [6, 6.07) is 14.3. The molecule has 7 nitrogen and oxygen atoms in total. The Kier molecular flexibility index (Phi) is 8.25. The van der Waals surface area contributed by atoms with Gasteiger partial charge < -0.3 is 20.9 Å². The van der Waals surface area contributed by atoms with Gasteiger partial charge in [0.1, 0.15) is 0 Å². The van der Waals surface area contributed by atoms with Crippen LogP contribution in [0.2, 0.25) is 0 Å². The summed E-state index contributed by atoms with van der Waals surface area (Å²) in [7, 11) is 0. The smallest absolute Gasteiger partial charge is 0.253 e. The van der Waals surface area contributed by atoms with Gasteiger partial charge in [0.2, 0.25) is 11.8 Å². The van der Waals surface area contributed by atoms with Gasteiger partial charge in [0.15, 0.2) is 0 Å². The summed E-state index contributed by atoms with van der Waals surface area (Å²) >= 11 is 0. The van der Waals surface area contributed by atoms with Crippen molar-refractivity contribution in [3.05, 3.63) is 54.1 Å². The molecule has 0 radical (unpaired) electrons. The SMILES string of the molecule is CCCC(=O)Nc1ccc(NC(=O)CNc2cccc(C(=O)N3CCC(C)CC3)c2)cc1. The molecule has 1 fully saturated rings. The number of nitrogens with zero attached hydrogens (tertiary/aromatic N) is 1. The van der Waals surface area contributed by atoms with E-state index in [-0.39, 0.29) is 24.3 Å². The van der Waals surface area contributed by atoms with E-state index in [0.717, 1.165) is 38.0 Å². The van der Waals surface area contributed by atoms with Crippen molar-refractivity contribution in [1.82, 2.24) is 4.90 Å². The monoisotopic (exact) mass is 436 g/mol. The van der Waals surface area contributed by atoms with Gasteiger partial charge in [0.05, 0.1) is 6.54 Å². The number of carbonyl (C=O) groups is 3. The molecule has 3 rings (SSSR count). The van der Waals surface area contributed by atoms with E-state index in [1.165, 1.54) is 0 Å². The topological polar surface area (TPSA) is 90.5 Å². The number of piperidine rings is 1. The van der Waals surface area contributed by atoms with Crippen molar-refractivity contribution >= 4 is 34.8 Å². The fraction of sp³-hybridized carbons (Fsp3) is 0.400. The molecule has 0 spiro atoms. The van der Waals surface area contributed by atoms with Gasteiger partial charge in [-0.15, -0.1) is 0 Å². The Labute approximate surface area is 189 Å². The minimum Gasteiger partial charge on any atom is -0.376 e. The number of hydrogen-bond acceptors (Lipinski definition) is 4. The third-order valence-electron chi connectivity index (χ3n) is 5.56. The first-order chi connectivity index (χ1) is 15.4. The molecular weight excluding hydrogens is 404 g/mol. The zero-order valence-corrected chi connectivity index (χ0v) is 18.8. The summed E-state index contributed by atoms with van der Waals surface area (Å²) in [5.74, 6) is 0.483. The van der Waals surface area contributed by atoms with Crippen LogP contribution in [-0.2, 0) is 9.59 Å². The third-order valence-corrected chi connectivity index (χ3v) is 5.56. The number of carbonyl (C=O) groups excluding carboxylic acids is 3. The molecule has 2 aromatic rings. The van der Waals surface area contributed by atoms with Gasteiger partial charge in [0.25, 0.3) is 5.91 Å². The molecular formula is C25H32N4O3. The van der Waals surface area contributed by atoms with Crippen molar-refractivity contribution in [2.75, 3.05) is 35.6 Å². The average Bonchev–Trinajstić information content (AvgIpc) is 2.79. The molecule has 1 aliphatic heterocycles. The summed E-state index contributed by atoms with van der Waals surface area (Å²) in [6.45, 7) is 5.84. The van der Waals surface area contributed by atoms with Gasteiger partial charge in [-0.25, -0.2) is 0 Å². The molecule has 0 unspecified atom stereocenters. The number of benzene rings is 2. The largest absolute Gasteiger partial charge is 0.376 e. The van der Waals surface area contributed by atoms with E-state index in [1.807, 2.05) is 30.0 Å². The number of amides is 3. The molecule has 0 aromatic heterocycles. The number of hydrogen-bond donors (Lipinski definition) is 3. The highest BCUT2D eigenvalue weighted by Crippen LogP contribution is 2.20. The summed E-state index contributed by atoms with van der Waals surface area (Å²) in [6.07, 6.45) is 3.35. The minimum atomic E-state index is -0.200. The molecule has 0 aliphatic carbocycles. The predicted molar refractivity (Wildman–Crippen MR) is 128 cm³/mol. The van der Waals surface area contributed by atoms with Crippen LogP contribution >= 0.6 is 0 Å². The Bertz CT molecular complexity index is 934. The Morgan fingerprint density at radius 1 is 0.906 bits per heavy atom. The van der Waals surface area contributed by atoms with E-state index >= 15 is 0 Å². The summed E-state index contributed by atoms with van der Waals surface area (Å²) < 4.78 is 0. The highest BCUT2D eigenvalue weighted by molar-refractivity contribution is 5.96. The molecule has 0 bridgehead atoms. The lowest BCUT2D eigenvalue weighted by Crippen LogP contribution is -2.37. The second kappa shape index (κ2) is 11.3. The van der Waals surface area contributed by atoms with Crippen LogP contribution in [0.25, 0.3) is 0 Å². The molecule has 170 valence electrons. The molecule has 3 amide bonds. The fourth-order valence-corrected chi connectivity index (χ4v) is 3.63. The van der Waals surface area contributed by atoms with E-state index in [4.69, 9.17) is 0 Å². The van der Waals surface area contributed by atoms with Crippen molar-refractivity contribution in [2.24, 2.45) is 5.92 Å². The lowest BCUT2D eigenvalue weighted by molar-refractivity contribution is -0.116. The number of anilines is 3. The first-order valence-electron chi connectivity index (χ1n) is 11.3. The normalized spacial score (nSPS) is 14.0. The van der Waals surface area contributed by atoms with E-state index in [9.17, 15) is 14.4 Å². The van der Waals surface area contributed by atoms with Crippen LogP contribution < -0.4 is 16.0 Å². The second-order valence-corrected chi connectivity index (χ2v) is 8.33. The van der Waals surface area contributed by atoms with Crippen molar-refractivity contribution in [3.63, 3.8) is 0 Å². The van der Waals surface area contributed by atoms with Crippen LogP contribution in [0.5, 0.6) is 0 Å². The van der Waals surface area contributed by atoms with Crippen LogP contribution in [0.15, 0.2) is 48.5 Å². The minimum absolute atomic E-state index is 0.0240. The maximum Gasteiger partial charge on any atom is 0.253 e. The number of nitrogens with one attached hydrogen (secondary N) is 3. The molecule has 1 saturated heterocycles. The van der Waals surface area contributed by atoms with Crippen molar-refractivity contribution < 1.29 is 14.4 Å². The molecule has 1 heterocycles. The highest BCUT2D eigenvalue weighted by atomic mass is 16.2. The Balaban J connectivity index is 1.49. The first kappa shape index (κ1) is 23.3. The van der Waals surface area contributed by atoms with E-state index in [1.54, 1.807) is 30.3 Å². The quantitative estimate of drug-likeness (QED) is 0.574. The molecule has 2 aromatic carbocycles.